The fraction of sp³-hybridized carbons (Fsp3) is 0.273. The van der Waals surface area contributed by atoms with Gasteiger partial charge >= 0.3 is 0 Å². The second kappa shape index (κ2) is 10.2. The average molecular weight is 350 g/mol. The van der Waals surface area contributed by atoms with E-state index < -0.39 is 0 Å². The lowest BCUT2D eigenvalue weighted by Gasteiger charge is -2.21. The molecular formula is C22H26N2O2. The van der Waals surface area contributed by atoms with Crippen LogP contribution < -0.4 is 5.32 Å². The van der Waals surface area contributed by atoms with E-state index in [4.69, 9.17) is 0 Å². The molecule has 2 rings (SSSR count). The molecule has 0 heterocycles. The molecule has 0 bridgehead atoms. The number of anilines is 1. The Morgan fingerprint density at radius 2 is 1.65 bits per heavy atom. The van der Waals surface area contributed by atoms with Gasteiger partial charge in [-0.1, -0.05) is 50.2 Å². The molecule has 26 heavy (non-hydrogen) atoms. The van der Waals surface area contributed by atoms with Crippen molar-refractivity contribution < 1.29 is 9.59 Å². The molecule has 0 saturated carbocycles. The van der Waals surface area contributed by atoms with Crippen LogP contribution in [0.1, 0.15) is 42.6 Å². The Morgan fingerprint density at radius 1 is 0.962 bits per heavy atom. The van der Waals surface area contributed by atoms with Crippen LogP contribution in [-0.2, 0) is 4.79 Å². The lowest BCUT2D eigenvalue weighted by atomic mass is 10.1. The molecule has 4 nitrogen and oxygen atoms in total. The zero-order chi connectivity index (χ0) is 18.8. The topological polar surface area (TPSA) is 49.4 Å². The van der Waals surface area contributed by atoms with Gasteiger partial charge in [-0.25, -0.2) is 0 Å². The van der Waals surface area contributed by atoms with Crippen LogP contribution in [0, 0.1) is 0 Å². The molecule has 2 aromatic rings. The molecule has 0 saturated heterocycles. The Kier molecular flexibility index (Phi) is 7.62. The van der Waals surface area contributed by atoms with E-state index in [1.54, 1.807) is 30.3 Å². The van der Waals surface area contributed by atoms with Crippen molar-refractivity contribution in [3.63, 3.8) is 0 Å². The van der Waals surface area contributed by atoms with Crippen LogP contribution in [0.15, 0.2) is 60.7 Å². The summed E-state index contributed by atoms with van der Waals surface area (Å²) in [5, 5.41) is 2.81. The van der Waals surface area contributed by atoms with Gasteiger partial charge in [-0.3, -0.25) is 9.59 Å². The van der Waals surface area contributed by atoms with Crippen LogP contribution in [0.5, 0.6) is 0 Å². The highest BCUT2D eigenvalue weighted by Crippen LogP contribution is 2.14. The Morgan fingerprint density at radius 3 is 2.31 bits per heavy atom. The largest absolute Gasteiger partial charge is 0.339 e. The predicted molar refractivity (Wildman–Crippen MR) is 107 cm³/mol. The van der Waals surface area contributed by atoms with E-state index in [0.29, 0.717) is 11.3 Å². The quantitative estimate of drug-likeness (QED) is 0.707. The monoisotopic (exact) mass is 350 g/mol. The first-order valence-corrected chi connectivity index (χ1v) is 9.07. The number of rotatable bonds is 8. The highest BCUT2D eigenvalue weighted by atomic mass is 16.2. The summed E-state index contributed by atoms with van der Waals surface area (Å²) < 4.78 is 0. The summed E-state index contributed by atoms with van der Waals surface area (Å²) in [5.41, 5.74) is 2.17. The zero-order valence-corrected chi connectivity index (χ0v) is 15.4. The van der Waals surface area contributed by atoms with Gasteiger partial charge in [0, 0.05) is 30.4 Å². The van der Waals surface area contributed by atoms with Gasteiger partial charge in [0.15, 0.2) is 0 Å². The first-order valence-electron chi connectivity index (χ1n) is 9.07. The van der Waals surface area contributed by atoms with Crippen molar-refractivity contribution >= 4 is 23.6 Å². The standard InChI is InChI=1S/C22H26N2O2/c1-3-15-24(16-4-2)22(26)19-11-8-12-20(17-19)23-21(25)14-13-18-9-6-5-7-10-18/h5-14,17H,3-4,15-16H2,1-2H3,(H,23,25)/b14-13+. The second-order valence-corrected chi connectivity index (χ2v) is 6.11. The second-order valence-electron chi connectivity index (χ2n) is 6.11. The normalized spacial score (nSPS) is 10.7. The summed E-state index contributed by atoms with van der Waals surface area (Å²) in [5.74, 6) is -0.220. The molecule has 0 atom stereocenters. The first-order chi connectivity index (χ1) is 12.6. The molecule has 0 aromatic heterocycles. The fourth-order valence-corrected chi connectivity index (χ4v) is 2.69. The van der Waals surface area contributed by atoms with E-state index in [2.05, 4.69) is 19.2 Å². The number of amides is 2. The van der Waals surface area contributed by atoms with Gasteiger partial charge in [-0.05, 0) is 42.7 Å². The van der Waals surface area contributed by atoms with E-state index in [1.165, 1.54) is 6.08 Å². The number of carbonyl (C=O) groups excluding carboxylic acids is 2. The van der Waals surface area contributed by atoms with Crippen molar-refractivity contribution in [3.05, 3.63) is 71.8 Å². The Labute approximate surface area is 155 Å². The van der Waals surface area contributed by atoms with Gasteiger partial charge in [0.05, 0.1) is 0 Å². The number of nitrogens with one attached hydrogen (secondary N) is 1. The van der Waals surface area contributed by atoms with Crippen LogP contribution in [-0.4, -0.2) is 29.8 Å². The molecule has 0 radical (unpaired) electrons. The maximum absolute atomic E-state index is 12.7. The third kappa shape index (κ3) is 5.88. The van der Waals surface area contributed by atoms with Crippen molar-refractivity contribution in [1.82, 2.24) is 4.90 Å². The summed E-state index contributed by atoms with van der Waals surface area (Å²) in [7, 11) is 0. The van der Waals surface area contributed by atoms with E-state index in [0.717, 1.165) is 31.5 Å². The third-order valence-electron chi connectivity index (χ3n) is 3.88. The summed E-state index contributed by atoms with van der Waals surface area (Å²) in [4.78, 5) is 26.6. The van der Waals surface area contributed by atoms with Crippen molar-refractivity contribution in [2.24, 2.45) is 0 Å². The average Bonchev–Trinajstić information content (AvgIpc) is 2.67. The SMILES string of the molecule is CCCN(CCC)C(=O)c1cccc(NC(=O)/C=C/c2ccccc2)c1. The molecule has 0 spiro atoms. The van der Waals surface area contributed by atoms with E-state index in [9.17, 15) is 9.59 Å². The minimum Gasteiger partial charge on any atom is -0.339 e. The van der Waals surface area contributed by atoms with Gasteiger partial charge in [0.1, 0.15) is 0 Å². The molecule has 1 N–H and O–H groups in total. The molecule has 2 amide bonds. The van der Waals surface area contributed by atoms with Crippen molar-refractivity contribution in [2.45, 2.75) is 26.7 Å². The van der Waals surface area contributed by atoms with Gasteiger partial charge in [-0.2, -0.15) is 0 Å². The van der Waals surface area contributed by atoms with Gasteiger partial charge < -0.3 is 10.2 Å². The van der Waals surface area contributed by atoms with Gasteiger partial charge in [0.25, 0.3) is 5.91 Å². The van der Waals surface area contributed by atoms with Crippen molar-refractivity contribution in [1.29, 1.82) is 0 Å². The smallest absolute Gasteiger partial charge is 0.253 e. The van der Waals surface area contributed by atoms with Crippen molar-refractivity contribution in [2.75, 3.05) is 18.4 Å². The maximum Gasteiger partial charge on any atom is 0.253 e. The maximum atomic E-state index is 12.7. The first kappa shape index (κ1) is 19.4. The van der Waals surface area contributed by atoms with Crippen LogP contribution in [0.2, 0.25) is 0 Å². The molecule has 0 unspecified atom stereocenters. The number of hydrogen-bond donors (Lipinski definition) is 1. The molecular weight excluding hydrogens is 324 g/mol. The lowest BCUT2D eigenvalue weighted by Crippen LogP contribution is -2.32. The highest BCUT2D eigenvalue weighted by molar-refractivity contribution is 6.03. The minimum atomic E-state index is -0.225. The molecule has 136 valence electrons. The van der Waals surface area contributed by atoms with Crippen LogP contribution in [0.25, 0.3) is 6.08 Å². The zero-order valence-electron chi connectivity index (χ0n) is 15.4. The van der Waals surface area contributed by atoms with Crippen LogP contribution in [0.3, 0.4) is 0 Å². The highest BCUT2D eigenvalue weighted by Gasteiger charge is 2.14. The number of carbonyl (C=O) groups is 2. The van der Waals surface area contributed by atoms with E-state index >= 15 is 0 Å². The summed E-state index contributed by atoms with van der Waals surface area (Å²) in [6, 6.07) is 16.7. The third-order valence-corrected chi connectivity index (χ3v) is 3.88. The number of benzene rings is 2. The summed E-state index contributed by atoms with van der Waals surface area (Å²) >= 11 is 0. The molecule has 0 fully saturated rings. The van der Waals surface area contributed by atoms with Crippen LogP contribution >= 0.6 is 0 Å². The Hall–Kier alpha value is -2.88. The molecule has 0 aliphatic heterocycles. The van der Waals surface area contributed by atoms with E-state index in [1.807, 2.05) is 35.2 Å². The van der Waals surface area contributed by atoms with Crippen molar-refractivity contribution in [3.8, 4) is 0 Å². The number of nitrogens with zero attached hydrogens (tertiary/aromatic N) is 1. The Balaban J connectivity index is 2.05. The summed E-state index contributed by atoms with van der Waals surface area (Å²) in [6.07, 6.45) is 5.10. The van der Waals surface area contributed by atoms with E-state index in [-0.39, 0.29) is 11.8 Å². The summed E-state index contributed by atoms with van der Waals surface area (Å²) in [6.45, 7) is 5.60. The number of hydrogen-bond acceptors (Lipinski definition) is 2. The Bertz CT molecular complexity index is 748. The molecule has 0 aliphatic rings. The molecule has 2 aromatic carbocycles. The lowest BCUT2D eigenvalue weighted by molar-refractivity contribution is -0.111. The minimum absolute atomic E-state index is 0.00428. The molecule has 0 aliphatic carbocycles. The predicted octanol–water partition coefficient (Wildman–Crippen LogP) is 4.60. The van der Waals surface area contributed by atoms with Gasteiger partial charge in [0.2, 0.25) is 5.91 Å². The fourth-order valence-electron chi connectivity index (χ4n) is 2.69. The van der Waals surface area contributed by atoms with Crippen LogP contribution in [0.4, 0.5) is 5.69 Å². The molecule has 4 heteroatoms. The van der Waals surface area contributed by atoms with Gasteiger partial charge in [-0.15, -0.1) is 0 Å².